The predicted octanol–water partition coefficient (Wildman–Crippen LogP) is 2.60. The number of rotatable bonds is 2. The Morgan fingerprint density at radius 3 is 2.21 bits per heavy atom. The summed E-state index contributed by atoms with van der Waals surface area (Å²) in [5.41, 5.74) is 0.197. The normalized spacial score (nSPS) is 38.3. The average molecular weight is 344 g/mol. The summed E-state index contributed by atoms with van der Waals surface area (Å²) in [7, 11) is 0. The molecule has 0 unspecified atom stereocenters. The van der Waals surface area contributed by atoms with Crippen molar-refractivity contribution in [1.29, 1.82) is 0 Å². The van der Waals surface area contributed by atoms with Gasteiger partial charge in [-0.15, -0.1) is 0 Å². The molecule has 5 nitrogen and oxygen atoms in total. The van der Waals surface area contributed by atoms with E-state index in [1.807, 2.05) is 0 Å². The molecule has 1 aromatic carbocycles. The van der Waals surface area contributed by atoms with Gasteiger partial charge >= 0.3 is 5.97 Å². The highest BCUT2D eigenvalue weighted by molar-refractivity contribution is 6.34. The second-order valence-electron chi connectivity index (χ2n) is 7.14. The topological polar surface area (TPSA) is 74.7 Å². The van der Waals surface area contributed by atoms with Crippen LogP contribution in [0.4, 0.5) is 5.69 Å². The molecule has 0 spiro atoms. The summed E-state index contributed by atoms with van der Waals surface area (Å²) in [6.07, 6.45) is 5.33. The number of halogens is 1. The Kier molecular flexibility index (Phi) is 2.65. The molecule has 24 heavy (non-hydrogen) atoms. The maximum absolute atomic E-state index is 13.0. The molecule has 1 aliphatic heterocycles. The third kappa shape index (κ3) is 1.63. The molecule has 6 rings (SSSR count). The first-order valence-corrected chi connectivity index (χ1v) is 8.46. The number of benzene rings is 1. The first kappa shape index (κ1) is 14.2. The molecule has 5 aliphatic rings. The quantitative estimate of drug-likeness (QED) is 0.661. The zero-order chi connectivity index (χ0) is 16.7. The van der Waals surface area contributed by atoms with E-state index in [4.69, 9.17) is 11.6 Å². The zero-order valence-electron chi connectivity index (χ0n) is 12.6. The Balaban J connectivity index is 1.57. The molecular formula is C18H14ClNO4. The van der Waals surface area contributed by atoms with E-state index in [0.717, 1.165) is 6.42 Å². The fraction of sp³-hybridized carbons (Fsp3) is 0.389. The number of hydrogen-bond donors (Lipinski definition) is 1. The molecular weight excluding hydrogens is 330 g/mol. The molecule has 3 fully saturated rings. The molecule has 0 radical (unpaired) electrons. The third-order valence-corrected chi connectivity index (χ3v) is 6.43. The second kappa shape index (κ2) is 4.48. The van der Waals surface area contributed by atoms with E-state index in [2.05, 4.69) is 12.2 Å². The number of allylic oxidation sites excluding steroid dienone is 2. The number of imide groups is 1. The third-order valence-electron chi connectivity index (χ3n) is 6.10. The highest BCUT2D eigenvalue weighted by Crippen LogP contribution is 2.65. The highest BCUT2D eigenvalue weighted by Gasteiger charge is 2.67. The van der Waals surface area contributed by atoms with Gasteiger partial charge in [0, 0.05) is 0 Å². The van der Waals surface area contributed by atoms with Gasteiger partial charge in [-0.2, -0.15) is 0 Å². The van der Waals surface area contributed by atoms with Gasteiger partial charge in [0.25, 0.3) is 0 Å². The summed E-state index contributed by atoms with van der Waals surface area (Å²) in [6, 6.07) is 4.28. The van der Waals surface area contributed by atoms with Crippen LogP contribution >= 0.6 is 11.6 Å². The van der Waals surface area contributed by atoms with Crippen molar-refractivity contribution in [3.63, 3.8) is 0 Å². The smallest absolute Gasteiger partial charge is 0.337 e. The molecule has 6 atom stereocenters. The lowest BCUT2D eigenvalue weighted by Crippen LogP contribution is -2.40. The number of hydrogen-bond acceptors (Lipinski definition) is 3. The molecule has 122 valence electrons. The van der Waals surface area contributed by atoms with Gasteiger partial charge in [-0.25, -0.2) is 9.69 Å². The number of carbonyl (C=O) groups is 3. The summed E-state index contributed by atoms with van der Waals surface area (Å²) in [5, 5.41) is 9.31. The van der Waals surface area contributed by atoms with Crippen molar-refractivity contribution in [1.82, 2.24) is 0 Å². The zero-order valence-corrected chi connectivity index (χ0v) is 13.3. The Bertz CT molecular complexity index is 811. The Morgan fingerprint density at radius 1 is 1.08 bits per heavy atom. The van der Waals surface area contributed by atoms with Crippen LogP contribution in [0.5, 0.6) is 0 Å². The number of nitrogens with zero attached hydrogens (tertiary/aromatic N) is 1. The summed E-state index contributed by atoms with van der Waals surface area (Å²) in [5.74, 6) is -0.783. The van der Waals surface area contributed by atoms with E-state index in [1.54, 1.807) is 0 Å². The lowest BCUT2D eigenvalue weighted by molar-refractivity contribution is -0.124. The average Bonchev–Trinajstić information content (AvgIpc) is 3.33. The van der Waals surface area contributed by atoms with Crippen molar-refractivity contribution in [2.45, 2.75) is 6.42 Å². The monoisotopic (exact) mass is 343 g/mol. The summed E-state index contributed by atoms with van der Waals surface area (Å²) in [6.45, 7) is 0. The van der Waals surface area contributed by atoms with Crippen molar-refractivity contribution in [3.05, 3.63) is 40.9 Å². The van der Waals surface area contributed by atoms with Crippen LogP contribution in [-0.4, -0.2) is 22.9 Å². The van der Waals surface area contributed by atoms with Crippen molar-refractivity contribution in [2.24, 2.45) is 35.5 Å². The van der Waals surface area contributed by atoms with E-state index in [1.165, 1.54) is 23.1 Å². The molecule has 1 saturated heterocycles. The van der Waals surface area contributed by atoms with Gasteiger partial charge in [0.1, 0.15) is 0 Å². The SMILES string of the molecule is O=C(O)c1cc(N2C(=O)[C@@H]3[C@@H]4C=C[C@H]([C@@H]5C[C@H]45)[C@@H]3C2=O)ccc1Cl. The highest BCUT2D eigenvalue weighted by atomic mass is 35.5. The number of carboxylic acids is 1. The van der Waals surface area contributed by atoms with Gasteiger partial charge in [-0.05, 0) is 48.3 Å². The van der Waals surface area contributed by atoms with E-state index in [-0.39, 0.29) is 46.1 Å². The van der Waals surface area contributed by atoms with Crippen LogP contribution in [0.1, 0.15) is 16.8 Å². The Morgan fingerprint density at radius 2 is 1.67 bits per heavy atom. The van der Waals surface area contributed by atoms with Gasteiger partial charge in [0.15, 0.2) is 0 Å². The minimum absolute atomic E-state index is 0.0886. The first-order valence-electron chi connectivity index (χ1n) is 8.08. The van der Waals surface area contributed by atoms with Crippen LogP contribution in [0.15, 0.2) is 30.4 Å². The van der Waals surface area contributed by atoms with Crippen LogP contribution in [0.25, 0.3) is 0 Å². The fourth-order valence-corrected chi connectivity index (χ4v) is 5.23. The molecule has 2 bridgehead atoms. The Labute approximate surface area is 142 Å². The van der Waals surface area contributed by atoms with E-state index < -0.39 is 5.97 Å². The Hall–Kier alpha value is -2.14. The molecule has 0 aromatic heterocycles. The van der Waals surface area contributed by atoms with Crippen molar-refractivity contribution < 1.29 is 19.5 Å². The number of carbonyl (C=O) groups excluding carboxylic acids is 2. The van der Waals surface area contributed by atoms with Gasteiger partial charge in [0.2, 0.25) is 11.8 Å². The van der Waals surface area contributed by atoms with Crippen molar-refractivity contribution in [3.8, 4) is 0 Å². The minimum Gasteiger partial charge on any atom is -0.478 e. The number of aromatic carboxylic acids is 1. The number of anilines is 1. The van der Waals surface area contributed by atoms with Gasteiger partial charge in [0.05, 0.1) is 28.1 Å². The van der Waals surface area contributed by atoms with E-state index in [9.17, 15) is 19.5 Å². The van der Waals surface area contributed by atoms with Gasteiger partial charge in [-0.3, -0.25) is 9.59 Å². The summed E-state index contributed by atoms with van der Waals surface area (Å²) < 4.78 is 0. The van der Waals surface area contributed by atoms with Gasteiger partial charge in [-0.1, -0.05) is 23.8 Å². The lowest BCUT2D eigenvalue weighted by Gasteiger charge is -2.37. The van der Waals surface area contributed by atoms with Crippen LogP contribution < -0.4 is 4.90 Å². The molecule has 2 saturated carbocycles. The second-order valence-corrected chi connectivity index (χ2v) is 7.54. The van der Waals surface area contributed by atoms with E-state index in [0.29, 0.717) is 17.5 Å². The minimum atomic E-state index is -1.18. The van der Waals surface area contributed by atoms with Crippen LogP contribution in [-0.2, 0) is 9.59 Å². The van der Waals surface area contributed by atoms with Crippen molar-refractivity contribution in [2.75, 3.05) is 4.90 Å². The predicted molar refractivity (Wildman–Crippen MR) is 85.6 cm³/mol. The molecule has 6 heteroatoms. The summed E-state index contributed by atoms with van der Waals surface area (Å²) >= 11 is 5.89. The first-order chi connectivity index (χ1) is 11.5. The lowest BCUT2D eigenvalue weighted by atomic mass is 9.63. The molecule has 1 aromatic rings. The standard InChI is InChI=1S/C18H14ClNO4/c19-13-4-1-7(5-12(13)18(23)24)20-16(21)14-8-2-3-9(11-6-10(8)11)15(14)17(20)22/h1-5,8-11,14-15H,6H2,(H,23,24)/t8-,9-,10-,11+,14-,15+/m1/s1. The van der Waals surface area contributed by atoms with Crippen LogP contribution in [0, 0.1) is 35.5 Å². The van der Waals surface area contributed by atoms with Crippen molar-refractivity contribution >= 4 is 35.1 Å². The maximum atomic E-state index is 13.0. The summed E-state index contributed by atoms with van der Waals surface area (Å²) in [4.78, 5) is 38.4. The van der Waals surface area contributed by atoms with Gasteiger partial charge < -0.3 is 5.11 Å². The molecule has 2 amide bonds. The number of carboxylic acid groups (broad SMARTS) is 1. The largest absolute Gasteiger partial charge is 0.478 e. The fourth-order valence-electron chi connectivity index (χ4n) is 5.03. The maximum Gasteiger partial charge on any atom is 0.337 e. The van der Waals surface area contributed by atoms with E-state index >= 15 is 0 Å². The molecule has 1 N–H and O–H groups in total. The van der Waals surface area contributed by atoms with Crippen LogP contribution in [0.3, 0.4) is 0 Å². The molecule has 4 aliphatic carbocycles. The number of amides is 2. The molecule has 1 heterocycles. The van der Waals surface area contributed by atoms with Crippen LogP contribution in [0.2, 0.25) is 5.02 Å².